The van der Waals surface area contributed by atoms with Gasteiger partial charge in [0.2, 0.25) is 5.91 Å². The maximum absolute atomic E-state index is 13.9. The van der Waals surface area contributed by atoms with Gasteiger partial charge in [-0.1, -0.05) is 6.07 Å². The zero-order valence-electron chi connectivity index (χ0n) is 20.2. The molecule has 2 amide bonds. The van der Waals surface area contributed by atoms with Crippen LogP contribution in [0.2, 0.25) is 0 Å². The van der Waals surface area contributed by atoms with Gasteiger partial charge < -0.3 is 29.2 Å². The smallest absolute Gasteiger partial charge is 0.254 e. The van der Waals surface area contributed by atoms with Crippen LogP contribution in [-0.2, 0) is 4.79 Å². The van der Waals surface area contributed by atoms with Crippen molar-refractivity contribution >= 4 is 17.5 Å². The van der Waals surface area contributed by atoms with E-state index in [0.29, 0.717) is 39.8 Å². The molecule has 0 spiro atoms. The average molecular weight is 478 g/mol. The molecule has 9 nitrogen and oxygen atoms in total. The van der Waals surface area contributed by atoms with Crippen LogP contribution in [0.1, 0.15) is 33.4 Å². The first-order valence-corrected chi connectivity index (χ1v) is 10.9. The number of amides is 2. The number of nitrogens with zero attached hydrogens (tertiary/aromatic N) is 2. The summed E-state index contributed by atoms with van der Waals surface area (Å²) in [5, 5.41) is 2.97. The third kappa shape index (κ3) is 4.32. The van der Waals surface area contributed by atoms with Gasteiger partial charge in [-0.2, -0.15) is 0 Å². The summed E-state index contributed by atoms with van der Waals surface area (Å²) in [6, 6.07) is 11.5. The number of hydrogen-bond donors (Lipinski definition) is 1. The Hall–Kier alpha value is -4.27. The van der Waals surface area contributed by atoms with Crippen molar-refractivity contribution in [3.8, 4) is 23.0 Å². The van der Waals surface area contributed by atoms with Crippen molar-refractivity contribution in [2.45, 2.75) is 12.0 Å². The number of methoxy groups -OCH3 is 4. The van der Waals surface area contributed by atoms with E-state index in [2.05, 4.69) is 10.3 Å². The monoisotopic (exact) mass is 477 g/mol. The van der Waals surface area contributed by atoms with E-state index in [1.165, 1.54) is 21.3 Å². The Bertz CT molecular complexity index is 1250. The van der Waals surface area contributed by atoms with Crippen molar-refractivity contribution in [2.75, 3.05) is 40.8 Å². The number of aromatic nitrogens is 1. The van der Waals surface area contributed by atoms with Gasteiger partial charge in [0.15, 0.2) is 11.5 Å². The Morgan fingerprint density at radius 3 is 2.29 bits per heavy atom. The lowest BCUT2D eigenvalue weighted by Crippen LogP contribution is -2.44. The van der Waals surface area contributed by atoms with Gasteiger partial charge in [0.1, 0.15) is 11.5 Å². The van der Waals surface area contributed by atoms with Crippen molar-refractivity contribution in [1.82, 2.24) is 9.88 Å². The van der Waals surface area contributed by atoms with Crippen LogP contribution in [0.5, 0.6) is 23.0 Å². The van der Waals surface area contributed by atoms with Crippen LogP contribution >= 0.6 is 0 Å². The van der Waals surface area contributed by atoms with Crippen molar-refractivity contribution in [3.05, 3.63) is 71.5 Å². The molecular weight excluding hydrogens is 450 g/mol. The van der Waals surface area contributed by atoms with Crippen LogP contribution < -0.4 is 24.3 Å². The Balaban J connectivity index is 1.86. The van der Waals surface area contributed by atoms with Gasteiger partial charge in [0.25, 0.3) is 5.91 Å². The molecule has 1 aliphatic rings. The largest absolute Gasteiger partial charge is 0.497 e. The second-order valence-electron chi connectivity index (χ2n) is 7.97. The molecule has 1 aromatic heterocycles. The van der Waals surface area contributed by atoms with E-state index in [4.69, 9.17) is 18.9 Å². The summed E-state index contributed by atoms with van der Waals surface area (Å²) in [6.45, 7) is 0. The summed E-state index contributed by atoms with van der Waals surface area (Å²) in [7, 11) is 7.76. The number of hydrogen-bond acceptors (Lipinski definition) is 7. The molecule has 4 rings (SSSR count). The molecule has 3 aromatic rings. The van der Waals surface area contributed by atoms with Gasteiger partial charge in [0.05, 0.1) is 46.1 Å². The fraction of sp³-hybridized carbons (Fsp3) is 0.269. The molecule has 2 heterocycles. The lowest BCUT2D eigenvalue weighted by molar-refractivity contribution is -0.119. The first-order valence-electron chi connectivity index (χ1n) is 10.9. The Kier molecular flexibility index (Phi) is 6.77. The molecule has 0 aliphatic carbocycles. The summed E-state index contributed by atoms with van der Waals surface area (Å²) in [6.07, 6.45) is 3.31. The molecule has 2 atom stereocenters. The number of pyridine rings is 1. The third-order valence-corrected chi connectivity index (χ3v) is 6.15. The molecule has 0 saturated heterocycles. The highest BCUT2D eigenvalue weighted by molar-refractivity contribution is 6.05. The summed E-state index contributed by atoms with van der Waals surface area (Å²) < 4.78 is 21.6. The molecule has 35 heavy (non-hydrogen) atoms. The quantitative estimate of drug-likeness (QED) is 0.554. The predicted molar refractivity (Wildman–Crippen MR) is 130 cm³/mol. The molecule has 1 aliphatic heterocycles. The maximum atomic E-state index is 13.9. The second kappa shape index (κ2) is 9.92. The zero-order chi connectivity index (χ0) is 25.1. The van der Waals surface area contributed by atoms with Gasteiger partial charge in [0, 0.05) is 31.1 Å². The normalized spacial score (nSPS) is 16.8. The number of carbonyl (C=O) groups excluding carboxylic acids is 2. The van der Waals surface area contributed by atoms with Gasteiger partial charge in [-0.15, -0.1) is 0 Å². The Morgan fingerprint density at radius 1 is 0.943 bits per heavy atom. The van der Waals surface area contributed by atoms with E-state index < -0.39 is 12.0 Å². The first kappa shape index (κ1) is 23.9. The van der Waals surface area contributed by atoms with Crippen LogP contribution in [0, 0.1) is 0 Å². The molecule has 2 aromatic carbocycles. The summed E-state index contributed by atoms with van der Waals surface area (Å²) >= 11 is 0. The number of rotatable bonds is 7. The molecule has 0 radical (unpaired) electrons. The second-order valence-corrected chi connectivity index (χ2v) is 7.97. The standard InChI is InChI=1S/C26H27N3O6/c1-29-24(15-7-6-10-27-14-15)23(17-12-21(34-4)22(35-5)13-18(17)26(29)31)25(30)28-19-9-8-16(32-2)11-20(19)33-3/h6-14,23-24H,1-5H3,(H,28,30)/t23-,24+/m1/s1. The van der Waals surface area contributed by atoms with E-state index in [-0.39, 0.29) is 11.8 Å². The highest BCUT2D eigenvalue weighted by Gasteiger charge is 2.44. The van der Waals surface area contributed by atoms with E-state index in [1.54, 1.807) is 67.8 Å². The maximum Gasteiger partial charge on any atom is 0.254 e. The number of benzene rings is 2. The van der Waals surface area contributed by atoms with E-state index >= 15 is 0 Å². The number of anilines is 1. The SMILES string of the molecule is COc1ccc(NC(=O)[C@@H]2c3cc(OC)c(OC)cc3C(=O)N(C)[C@H]2c2cccnc2)c(OC)c1. The van der Waals surface area contributed by atoms with Gasteiger partial charge >= 0.3 is 0 Å². The molecule has 1 N–H and O–H groups in total. The fourth-order valence-electron chi connectivity index (χ4n) is 4.41. The highest BCUT2D eigenvalue weighted by Crippen LogP contribution is 2.46. The topological polar surface area (TPSA) is 99.2 Å². The molecule has 182 valence electrons. The Morgan fingerprint density at radius 2 is 1.66 bits per heavy atom. The molecule has 0 saturated carbocycles. The minimum atomic E-state index is -0.775. The van der Waals surface area contributed by atoms with Crippen molar-refractivity contribution in [3.63, 3.8) is 0 Å². The minimum absolute atomic E-state index is 0.235. The van der Waals surface area contributed by atoms with Gasteiger partial charge in [-0.3, -0.25) is 14.6 Å². The van der Waals surface area contributed by atoms with Crippen LogP contribution in [0.15, 0.2) is 54.9 Å². The molecule has 0 fully saturated rings. The van der Waals surface area contributed by atoms with E-state index in [0.717, 1.165) is 5.56 Å². The van der Waals surface area contributed by atoms with Crippen LogP contribution in [-0.4, -0.2) is 57.2 Å². The first-order chi connectivity index (χ1) is 16.9. The van der Waals surface area contributed by atoms with Gasteiger partial charge in [-0.25, -0.2) is 0 Å². The van der Waals surface area contributed by atoms with Gasteiger partial charge in [-0.05, 0) is 41.5 Å². The number of likely N-dealkylation sites (N-methyl/N-ethyl adjacent to an activating group) is 1. The molecule has 0 bridgehead atoms. The molecular formula is C26H27N3O6. The van der Waals surface area contributed by atoms with Crippen molar-refractivity contribution in [1.29, 1.82) is 0 Å². The van der Waals surface area contributed by atoms with Crippen molar-refractivity contribution in [2.24, 2.45) is 0 Å². The van der Waals surface area contributed by atoms with Crippen molar-refractivity contribution < 1.29 is 28.5 Å². The summed E-state index contributed by atoms with van der Waals surface area (Å²) in [5.74, 6) is 0.540. The molecule has 9 heteroatoms. The van der Waals surface area contributed by atoms with Crippen LogP contribution in [0.25, 0.3) is 0 Å². The average Bonchev–Trinajstić information content (AvgIpc) is 2.90. The third-order valence-electron chi connectivity index (χ3n) is 6.15. The van der Waals surface area contributed by atoms with Crippen LogP contribution in [0.4, 0.5) is 5.69 Å². The number of carbonyl (C=O) groups is 2. The zero-order valence-corrected chi connectivity index (χ0v) is 20.2. The number of nitrogens with one attached hydrogen (secondary N) is 1. The Labute approximate surface area is 203 Å². The lowest BCUT2D eigenvalue weighted by atomic mass is 9.79. The predicted octanol–water partition coefficient (Wildman–Crippen LogP) is 3.67. The number of ether oxygens (including phenoxy) is 4. The lowest BCUT2D eigenvalue weighted by Gasteiger charge is -2.40. The highest BCUT2D eigenvalue weighted by atomic mass is 16.5. The molecule has 0 unspecified atom stereocenters. The van der Waals surface area contributed by atoms with Crippen LogP contribution in [0.3, 0.4) is 0 Å². The van der Waals surface area contributed by atoms with E-state index in [9.17, 15) is 9.59 Å². The number of fused-ring (bicyclic) bond motifs is 1. The minimum Gasteiger partial charge on any atom is -0.497 e. The summed E-state index contributed by atoms with van der Waals surface area (Å²) in [5.41, 5.74) is 2.10. The van der Waals surface area contributed by atoms with E-state index in [1.807, 2.05) is 6.07 Å². The fourth-order valence-corrected chi connectivity index (χ4v) is 4.41. The summed E-state index contributed by atoms with van der Waals surface area (Å²) in [4.78, 5) is 33.1.